The van der Waals surface area contributed by atoms with E-state index in [0.717, 1.165) is 89.9 Å². The van der Waals surface area contributed by atoms with Crippen LogP contribution < -0.4 is 11.5 Å². The van der Waals surface area contributed by atoms with Gasteiger partial charge in [-0.05, 0) is 194 Å². The zero-order valence-corrected chi connectivity index (χ0v) is 47.8. The lowest BCUT2D eigenvalue weighted by Crippen LogP contribution is -2.65. The molecule has 6 unspecified atom stereocenters. The van der Waals surface area contributed by atoms with Crippen molar-refractivity contribution in [2.24, 2.45) is 89.7 Å². The number of nitrogens with two attached hydrogens (primary N) is 2. The number of allylic oxidation sites excluding steroid dienone is 4. The smallest absolute Gasteiger partial charge is 0.310 e. The molecule has 14 atom stereocenters. The molecule has 2 aromatic heterocycles. The summed E-state index contributed by atoms with van der Waals surface area (Å²) in [6, 6.07) is 0. The van der Waals surface area contributed by atoms with E-state index in [1.807, 2.05) is 0 Å². The highest BCUT2D eigenvalue weighted by atomic mass is 16.4. The maximum absolute atomic E-state index is 13.4. The van der Waals surface area contributed by atoms with Crippen molar-refractivity contribution >= 4 is 23.4 Å². The quantitative estimate of drug-likeness (QED) is 0.164. The minimum Gasteiger partial charge on any atom is -0.481 e. The first-order chi connectivity index (χ1) is 33.8. The third-order valence-electron chi connectivity index (χ3n) is 26.9. The Hall–Kier alpha value is -3.40. The summed E-state index contributed by atoms with van der Waals surface area (Å²) in [5.41, 5.74) is 21.2. The van der Waals surface area contributed by atoms with Crippen molar-refractivity contribution in [3.63, 3.8) is 0 Å². The van der Waals surface area contributed by atoms with Crippen molar-refractivity contribution in [3.8, 4) is 0 Å². The van der Waals surface area contributed by atoms with Crippen molar-refractivity contribution in [1.29, 1.82) is 0 Å². The van der Waals surface area contributed by atoms with Gasteiger partial charge in [-0.25, -0.2) is 0 Å². The fraction of sp³-hybridized carbons (Fsp3) is 0.815. The Morgan fingerprint density at radius 2 is 0.933 bits per heavy atom. The van der Waals surface area contributed by atoms with E-state index < -0.39 is 11.4 Å². The number of hydrogen-bond acceptors (Lipinski definition) is 7. The first-order valence-corrected chi connectivity index (χ1v) is 29.2. The Balaban J connectivity index is 0.000000179. The molecular weight excluding hydrogens is 929 g/mol. The molecule has 12 rings (SSSR count). The van der Waals surface area contributed by atoms with Gasteiger partial charge in [-0.2, -0.15) is 10.2 Å². The third-order valence-corrected chi connectivity index (χ3v) is 26.9. The monoisotopic (exact) mass is 1030 g/mol. The maximum Gasteiger partial charge on any atom is 0.310 e. The van der Waals surface area contributed by atoms with Crippen molar-refractivity contribution in [1.82, 2.24) is 20.4 Å². The molecule has 10 heteroatoms. The van der Waals surface area contributed by atoms with Crippen LogP contribution in [0, 0.1) is 89.7 Å². The summed E-state index contributed by atoms with van der Waals surface area (Å²) in [7, 11) is 0. The van der Waals surface area contributed by atoms with Crippen LogP contribution in [0.1, 0.15) is 237 Å². The topological polar surface area (TPSA) is 184 Å². The summed E-state index contributed by atoms with van der Waals surface area (Å²) >= 11 is 0. The van der Waals surface area contributed by atoms with Crippen LogP contribution in [0.2, 0.25) is 0 Å². The molecule has 0 amide bonds. The minimum atomic E-state index is -0.571. The molecule has 10 aliphatic carbocycles. The van der Waals surface area contributed by atoms with E-state index in [-0.39, 0.29) is 98.6 Å². The largest absolute Gasteiger partial charge is 0.481 e. The van der Waals surface area contributed by atoms with Crippen molar-refractivity contribution in [2.45, 2.75) is 238 Å². The van der Waals surface area contributed by atoms with E-state index in [1.165, 1.54) is 53.8 Å². The van der Waals surface area contributed by atoms with Crippen LogP contribution in [-0.2, 0) is 33.3 Å². The number of rotatable bonds is 3. The molecule has 0 spiro atoms. The van der Waals surface area contributed by atoms with Crippen LogP contribution in [0.4, 0.5) is 11.6 Å². The molecule has 0 aliphatic heterocycles. The normalized spacial score (nSPS) is 44.6. The molecule has 6 saturated carbocycles. The molecule has 0 bridgehead atoms. The molecule has 0 saturated heterocycles. The lowest BCUT2D eigenvalue weighted by molar-refractivity contribution is -0.177. The number of carbonyl (C=O) groups excluding carboxylic acids is 1. The summed E-state index contributed by atoms with van der Waals surface area (Å²) in [5, 5.41) is 36.2. The van der Waals surface area contributed by atoms with Gasteiger partial charge in [0.2, 0.25) is 0 Å². The Morgan fingerprint density at radius 3 is 1.33 bits per heavy atom. The lowest BCUT2D eigenvalue weighted by Gasteiger charge is -2.70. The van der Waals surface area contributed by atoms with Gasteiger partial charge in [0, 0.05) is 38.8 Å². The number of H-pyrrole nitrogens is 2. The van der Waals surface area contributed by atoms with Gasteiger partial charge in [-0.3, -0.25) is 19.8 Å². The number of aliphatic carboxylic acids is 1. The van der Waals surface area contributed by atoms with Gasteiger partial charge in [0.05, 0.1) is 5.41 Å². The van der Waals surface area contributed by atoms with Gasteiger partial charge in [0.1, 0.15) is 18.2 Å². The molecule has 0 aromatic carbocycles. The van der Waals surface area contributed by atoms with Crippen LogP contribution in [0.5, 0.6) is 0 Å². The van der Waals surface area contributed by atoms with Crippen LogP contribution in [0.25, 0.3) is 0 Å². The number of nitrogen functional groups attached to an aromatic ring is 2. The van der Waals surface area contributed by atoms with E-state index in [0.29, 0.717) is 35.3 Å². The van der Waals surface area contributed by atoms with E-state index in [2.05, 4.69) is 129 Å². The lowest BCUT2D eigenvalue weighted by atomic mass is 9.33. The minimum absolute atomic E-state index is 0. The molecule has 2 aromatic rings. The van der Waals surface area contributed by atoms with Gasteiger partial charge in [-0.1, -0.05) is 135 Å². The molecule has 418 valence electrons. The Labute approximate surface area is 453 Å². The van der Waals surface area contributed by atoms with Crippen LogP contribution in [-0.4, -0.2) is 49.0 Å². The number of carboxylic acid groups (broad SMARTS) is 1. The number of Topliss-reactive ketones (excluding diaryl/α,β-unsaturated/α-hetero) is 1. The van der Waals surface area contributed by atoms with Gasteiger partial charge >= 0.3 is 5.97 Å². The van der Waals surface area contributed by atoms with Crippen molar-refractivity contribution in [3.05, 3.63) is 45.8 Å². The molecule has 6 fully saturated rings. The average molecular weight is 1030 g/mol. The zero-order valence-electron chi connectivity index (χ0n) is 47.8. The summed E-state index contributed by atoms with van der Waals surface area (Å²) in [4.78, 5) is 26.3. The number of carbonyl (C=O) groups is 2. The van der Waals surface area contributed by atoms with Crippen LogP contribution in [0.3, 0.4) is 0 Å². The highest BCUT2D eigenvalue weighted by Gasteiger charge is 2.71. The number of hydrogen-bond donors (Lipinski definition) is 6. The fourth-order valence-corrected chi connectivity index (χ4v) is 22.4. The third kappa shape index (κ3) is 7.08. The van der Waals surface area contributed by atoms with Gasteiger partial charge in [-0.15, -0.1) is 0 Å². The molecular formula is C65H104N6O4. The van der Waals surface area contributed by atoms with Gasteiger partial charge in [0.25, 0.3) is 0 Å². The number of aliphatic hydroxyl groups is 1. The number of aromatic amines is 2. The Morgan fingerprint density at radius 1 is 0.560 bits per heavy atom. The number of carboxylic acids is 1. The van der Waals surface area contributed by atoms with Gasteiger partial charge in [0.15, 0.2) is 5.78 Å². The molecule has 10 aliphatic rings. The van der Waals surface area contributed by atoms with Gasteiger partial charge < -0.3 is 21.7 Å². The summed E-state index contributed by atoms with van der Waals surface area (Å²) < 4.78 is 0. The number of anilines is 2. The van der Waals surface area contributed by atoms with E-state index in [1.54, 1.807) is 5.57 Å². The van der Waals surface area contributed by atoms with Crippen LogP contribution >= 0.6 is 0 Å². The standard InChI is InChI=1S/C32H49N3O2.C31H47N3O2.2CH4/c1-27(2)12-14-32(24(37)18-36)15-13-30(6)20(21(32)17-27)8-9-23-29(5)16-19-25(34-35-26(19)33)28(3,4)22(29)10-11-31(23,30)7;1-26(2)12-14-31(25(35)36)15-13-29(6)19(20(31)17-26)8-9-22-28(5)16-18-23(33-34-24(18)32)27(3,4)21(28)10-11-30(22,29)7;;/h8,21-23,36H,9-18H2,1-7H3,(H3,33,34,35);8,20-22H,9-17H2,1-7H3,(H,35,36)(H3,32,33,34);2*1H4/t21?,22?,23?,29-,30+,31+,32-;20?,21?,22?,28-,29+,30+,31-;;/m00../s1. The number of nitrogens with zero attached hydrogens (tertiary/aromatic N) is 2. The SMILES string of the molecule is C.C.CC1(C)CC[C@]2(C(=O)CO)CC[C@]3(C)C(=CCC4[C@@]5(C)Cc6c(N)n[nH]c6C(C)(C)C5CC[C@]43C)C2C1.CC1(C)CC[C@]2(C(=O)O)CC[C@]3(C)C(=CCC4[C@@]5(C)Cc6c(N)n[nH]c6C(C)(C)C5CC[C@]43C)C2C1. The molecule has 10 nitrogen and oxygen atoms in total. The van der Waals surface area contributed by atoms with Crippen molar-refractivity contribution < 1.29 is 19.8 Å². The number of aliphatic hydroxyl groups excluding tert-OH is 1. The second-order valence-corrected chi connectivity index (χ2v) is 31.4. The predicted molar refractivity (Wildman–Crippen MR) is 305 cm³/mol. The Bertz CT molecular complexity index is 2700. The highest BCUT2D eigenvalue weighted by Crippen LogP contribution is 2.78. The van der Waals surface area contributed by atoms with Crippen molar-refractivity contribution in [2.75, 3.05) is 18.1 Å². The molecule has 0 radical (unpaired) electrons. The van der Waals surface area contributed by atoms with E-state index >= 15 is 0 Å². The average Bonchev–Trinajstić information content (AvgIpc) is 3.87. The highest BCUT2D eigenvalue weighted by molar-refractivity contribution is 5.87. The molecule has 2 heterocycles. The number of fused-ring (bicyclic) bond motifs is 16. The fourth-order valence-electron chi connectivity index (χ4n) is 22.4. The number of nitrogens with one attached hydrogen (secondary N) is 2. The predicted octanol–water partition coefficient (Wildman–Crippen LogP) is 14.5. The first kappa shape index (κ1) is 56.3. The van der Waals surface area contributed by atoms with Crippen LogP contribution in [0.15, 0.2) is 23.3 Å². The second kappa shape index (κ2) is 17.1. The second-order valence-electron chi connectivity index (χ2n) is 31.4. The Kier molecular flexibility index (Phi) is 12.8. The summed E-state index contributed by atoms with van der Waals surface area (Å²) in [6.07, 6.45) is 23.9. The molecule has 8 N–H and O–H groups in total. The zero-order chi connectivity index (χ0) is 52.9. The first-order valence-electron chi connectivity index (χ1n) is 29.2. The van der Waals surface area contributed by atoms with E-state index in [4.69, 9.17) is 11.5 Å². The summed E-state index contributed by atoms with van der Waals surface area (Å²) in [5.74, 6) is 3.60. The number of ketones is 1. The summed E-state index contributed by atoms with van der Waals surface area (Å²) in [6.45, 7) is 34.1. The maximum atomic E-state index is 13.4. The molecule has 75 heavy (non-hydrogen) atoms. The number of aromatic nitrogens is 4. The van der Waals surface area contributed by atoms with E-state index in [9.17, 15) is 19.8 Å².